The van der Waals surface area contributed by atoms with Crippen LogP contribution in [0.1, 0.15) is 17.4 Å². The number of carbonyl (C=O) groups excluding carboxylic acids is 1. The number of hydrogen-bond donors (Lipinski definition) is 0. The lowest BCUT2D eigenvalue weighted by atomic mass is 10.1. The van der Waals surface area contributed by atoms with E-state index in [1.165, 1.54) is 34.3 Å². The Morgan fingerprint density at radius 2 is 2.09 bits per heavy atom. The Bertz CT molecular complexity index is 727. The monoisotopic (exact) mass is 348 g/mol. The summed E-state index contributed by atoms with van der Waals surface area (Å²) in [5.41, 5.74) is 1.32. The van der Waals surface area contributed by atoms with E-state index in [1.54, 1.807) is 23.5 Å². The van der Waals surface area contributed by atoms with E-state index in [1.807, 2.05) is 11.8 Å². The zero-order valence-corrected chi connectivity index (χ0v) is 14.2. The Morgan fingerprint density at radius 1 is 1.35 bits per heavy atom. The zero-order valence-electron chi connectivity index (χ0n) is 12.6. The fraction of sp³-hybridized carbons (Fsp3) is 0.312. The SMILES string of the molecule is CC(Sc1ccc([N+](=O)[O-])cc1)C(=O)N1CCc2sccc2C1. The summed E-state index contributed by atoms with van der Waals surface area (Å²) in [4.78, 5) is 27.0. The lowest BCUT2D eigenvalue weighted by Gasteiger charge is -2.29. The number of thiophene rings is 1. The molecule has 0 fully saturated rings. The van der Waals surface area contributed by atoms with Crippen LogP contribution in [0, 0.1) is 10.1 Å². The second-order valence-corrected chi connectivity index (χ2v) is 7.80. The van der Waals surface area contributed by atoms with Crippen LogP contribution in [-0.4, -0.2) is 27.5 Å². The van der Waals surface area contributed by atoms with Gasteiger partial charge in [0.15, 0.2) is 0 Å². The molecule has 0 bridgehead atoms. The van der Waals surface area contributed by atoms with Gasteiger partial charge in [0.2, 0.25) is 5.91 Å². The molecule has 0 spiro atoms. The number of fused-ring (bicyclic) bond motifs is 1. The van der Waals surface area contributed by atoms with Crippen molar-refractivity contribution in [2.45, 2.75) is 30.0 Å². The van der Waals surface area contributed by atoms with E-state index in [4.69, 9.17) is 0 Å². The van der Waals surface area contributed by atoms with Crippen LogP contribution in [0.15, 0.2) is 40.6 Å². The molecule has 1 aromatic carbocycles. The fourth-order valence-electron chi connectivity index (χ4n) is 2.59. The van der Waals surface area contributed by atoms with Gasteiger partial charge in [0.05, 0.1) is 10.2 Å². The summed E-state index contributed by atoms with van der Waals surface area (Å²) in [6.07, 6.45) is 0.924. The summed E-state index contributed by atoms with van der Waals surface area (Å²) in [5, 5.41) is 12.5. The zero-order chi connectivity index (χ0) is 16.4. The normalized spacial score (nSPS) is 15.1. The second kappa shape index (κ2) is 6.72. The third-order valence-corrected chi connectivity index (χ3v) is 5.95. The van der Waals surface area contributed by atoms with Crippen LogP contribution in [0.5, 0.6) is 0 Å². The highest BCUT2D eigenvalue weighted by Gasteiger charge is 2.25. The van der Waals surface area contributed by atoms with Gasteiger partial charge in [-0.3, -0.25) is 14.9 Å². The molecule has 2 heterocycles. The van der Waals surface area contributed by atoms with Crippen molar-refractivity contribution in [3.05, 3.63) is 56.3 Å². The molecule has 1 amide bonds. The first-order valence-electron chi connectivity index (χ1n) is 7.30. The number of nitrogens with zero attached hydrogens (tertiary/aromatic N) is 2. The van der Waals surface area contributed by atoms with Crippen molar-refractivity contribution in [1.29, 1.82) is 0 Å². The minimum atomic E-state index is -0.421. The van der Waals surface area contributed by atoms with Gasteiger partial charge in [-0.05, 0) is 42.5 Å². The van der Waals surface area contributed by atoms with Gasteiger partial charge in [0, 0.05) is 35.0 Å². The molecule has 3 rings (SSSR count). The number of hydrogen-bond acceptors (Lipinski definition) is 5. The molecule has 1 atom stereocenters. The summed E-state index contributed by atoms with van der Waals surface area (Å²) in [5.74, 6) is 0.116. The Hall–Kier alpha value is -1.86. The maximum atomic E-state index is 12.6. The Morgan fingerprint density at radius 3 is 2.78 bits per heavy atom. The summed E-state index contributed by atoms with van der Waals surface area (Å²) in [6.45, 7) is 3.33. The van der Waals surface area contributed by atoms with Crippen LogP contribution in [-0.2, 0) is 17.8 Å². The van der Waals surface area contributed by atoms with Gasteiger partial charge < -0.3 is 4.90 Å². The van der Waals surface area contributed by atoms with Crippen molar-refractivity contribution in [3.63, 3.8) is 0 Å². The molecule has 1 aromatic heterocycles. The fourth-order valence-corrected chi connectivity index (χ4v) is 4.44. The Balaban J connectivity index is 1.63. The Kier molecular flexibility index (Phi) is 4.68. The molecule has 1 aliphatic heterocycles. The quantitative estimate of drug-likeness (QED) is 0.480. The molecule has 0 N–H and O–H groups in total. The molecule has 0 saturated heterocycles. The third-order valence-electron chi connectivity index (χ3n) is 3.83. The van der Waals surface area contributed by atoms with E-state index < -0.39 is 4.92 Å². The van der Waals surface area contributed by atoms with E-state index >= 15 is 0 Å². The molecule has 120 valence electrons. The Labute approximate surface area is 142 Å². The van der Waals surface area contributed by atoms with Gasteiger partial charge in [-0.15, -0.1) is 23.1 Å². The van der Waals surface area contributed by atoms with Crippen molar-refractivity contribution >= 4 is 34.7 Å². The highest BCUT2D eigenvalue weighted by atomic mass is 32.2. The summed E-state index contributed by atoms with van der Waals surface area (Å²) >= 11 is 3.19. The van der Waals surface area contributed by atoms with Gasteiger partial charge in [-0.1, -0.05) is 0 Å². The van der Waals surface area contributed by atoms with E-state index in [0.717, 1.165) is 17.9 Å². The van der Waals surface area contributed by atoms with Gasteiger partial charge in [0.25, 0.3) is 5.69 Å². The predicted octanol–water partition coefficient (Wildman–Crippen LogP) is 3.72. The lowest BCUT2D eigenvalue weighted by molar-refractivity contribution is -0.384. The maximum absolute atomic E-state index is 12.6. The van der Waals surface area contributed by atoms with Crippen LogP contribution >= 0.6 is 23.1 Å². The summed E-state index contributed by atoms with van der Waals surface area (Å²) in [7, 11) is 0. The van der Waals surface area contributed by atoms with E-state index in [9.17, 15) is 14.9 Å². The molecule has 1 unspecified atom stereocenters. The first-order valence-corrected chi connectivity index (χ1v) is 9.05. The third kappa shape index (κ3) is 3.56. The number of nitro groups is 1. The molecule has 7 heteroatoms. The van der Waals surface area contributed by atoms with Crippen molar-refractivity contribution in [2.75, 3.05) is 6.54 Å². The molecule has 23 heavy (non-hydrogen) atoms. The highest BCUT2D eigenvalue weighted by Crippen LogP contribution is 2.29. The standard InChI is InChI=1S/C16H16N2O3S2/c1-11(23-14-4-2-13(3-5-14)18(20)21)16(19)17-8-6-15-12(10-17)7-9-22-15/h2-5,7,9,11H,6,8,10H2,1H3. The number of non-ortho nitro benzene ring substituents is 1. The minimum Gasteiger partial charge on any atom is -0.337 e. The van der Waals surface area contributed by atoms with E-state index in [-0.39, 0.29) is 16.8 Å². The van der Waals surface area contributed by atoms with Crippen molar-refractivity contribution in [2.24, 2.45) is 0 Å². The smallest absolute Gasteiger partial charge is 0.269 e. The first kappa shape index (κ1) is 16.0. The van der Waals surface area contributed by atoms with Crippen LogP contribution in [0.3, 0.4) is 0 Å². The van der Waals surface area contributed by atoms with E-state index in [2.05, 4.69) is 11.4 Å². The van der Waals surface area contributed by atoms with Crippen LogP contribution in [0.25, 0.3) is 0 Å². The van der Waals surface area contributed by atoms with Crippen molar-refractivity contribution in [3.8, 4) is 0 Å². The van der Waals surface area contributed by atoms with Crippen molar-refractivity contribution < 1.29 is 9.72 Å². The number of thioether (sulfide) groups is 1. The maximum Gasteiger partial charge on any atom is 0.269 e. The van der Waals surface area contributed by atoms with Crippen LogP contribution < -0.4 is 0 Å². The molecule has 1 aliphatic rings. The lowest BCUT2D eigenvalue weighted by Crippen LogP contribution is -2.39. The molecule has 0 aliphatic carbocycles. The topological polar surface area (TPSA) is 63.5 Å². The van der Waals surface area contributed by atoms with Gasteiger partial charge in [0.1, 0.15) is 0 Å². The molecule has 2 aromatic rings. The molecule has 5 nitrogen and oxygen atoms in total. The van der Waals surface area contributed by atoms with Crippen LogP contribution in [0.4, 0.5) is 5.69 Å². The number of nitro benzene ring substituents is 1. The predicted molar refractivity (Wildman–Crippen MR) is 91.9 cm³/mol. The van der Waals surface area contributed by atoms with Gasteiger partial charge in [-0.25, -0.2) is 0 Å². The molecular weight excluding hydrogens is 332 g/mol. The molecule has 0 radical (unpaired) electrons. The number of amides is 1. The van der Waals surface area contributed by atoms with E-state index in [0.29, 0.717) is 6.54 Å². The number of carbonyl (C=O) groups is 1. The summed E-state index contributed by atoms with van der Waals surface area (Å²) in [6, 6.07) is 8.42. The first-order chi connectivity index (χ1) is 11.0. The second-order valence-electron chi connectivity index (χ2n) is 5.39. The average Bonchev–Trinajstić information content (AvgIpc) is 3.02. The van der Waals surface area contributed by atoms with Gasteiger partial charge >= 0.3 is 0 Å². The van der Waals surface area contributed by atoms with Crippen molar-refractivity contribution in [1.82, 2.24) is 4.90 Å². The number of rotatable bonds is 4. The average molecular weight is 348 g/mol. The number of benzene rings is 1. The largest absolute Gasteiger partial charge is 0.337 e. The molecular formula is C16H16N2O3S2. The highest BCUT2D eigenvalue weighted by molar-refractivity contribution is 8.00. The minimum absolute atomic E-state index is 0.0642. The summed E-state index contributed by atoms with van der Waals surface area (Å²) < 4.78 is 0. The molecule has 0 saturated carbocycles. The van der Waals surface area contributed by atoms with Crippen LogP contribution in [0.2, 0.25) is 0 Å². The van der Waals surface area contributed by atoms with Gasteiger partial charge in [-0.2, -0.15) is 0 Å².